The minimum Gasteiger partial charge on any atom is -0.294 e. The highest BCUT2D eigenvalue weighted by atomic mass is 79.9. The molecular weight excluding hydrogens is 355 g/mol. The maximum absolute atomic E-state index is 12.7. The van der Waals surface area contributed by atoms with E-state index in [2.05, 4.69) is 15.9 Å². The van der Waals surface area contributed by atoms with Crippen molar-refractivity contribution in [1.82, 2.24) is 0 Å². The van der Waals surface area contributed by atoms with Gasteiger partial charge < -0.3 is 0 Å². The Morgan fingerprint density at radius 2 is 1.95 bits per heavy atom. The molecule has 1 aromatic rings. The molecule has 8 heteroatoms. The van der Waals surface area contributed by atoms with E-state index in [9.17, 15) is 26.7 Å². The van der Waals surface area contributed by atoms with Gasteiger partial charge in [0.25, 0.3) is 6.43 Å². The van der Waals surface area contributed by atoms with E-state index in [0.717, 1.165) is 18.2 Å². The molecule has 1 rings (SSSR count). The van der Waals surface area contributed by atoms with Crippen LogP contribution in [-0.4, -0.2) is 16.6 Å². The molecule has 1 nitrogen and oxygen atoms in total. The largest absolute Gasteiger partial charge is 0.446 e. The van der Waals surface area contributed by atoms with Gasteiger partial charge in [0.05, 0.1) is 0 Å². The second kappa shape index (κ2) is 6.69. The molecule has 0 saturated carbocycles. The first-order valence-electron chi connectivity index (χ1n) is 5.01. The van der Waals surface area contributed by atoms with E-state index in [4.69, 9.17) is 0 Å². The number of ketones is 1. The average molecular weight is 363 g/mol. The summed E-state index contributed by atoms with van der Waals surface area (Å²) < 4.78 is 62.0. The molecule has 1 aromatic carbocycles. The summed E-state index contributed by atoms with van der Waals surface area (Å²) >= 11 is 2.54. The molecule has 0 radical (unpaired) electrons. The van der Waals surface area contributed by atoms with Gasteiger partial charge in [-0.15, -0.1) is 0 Å². The molecule has 0 amide bonds. The molecule has 0 unspecified atom stereocenters. The summed E-state index contributed by atoms with van der Waals surface area (Å²) in [6.45, 7) is 0. The van der Waals surface area contributed by atoms with Gasteiger partial charge in [-0.1, -0.05) is 22.0 Å². The molecule has 0 aromatic heterocycles. The molecule has 0 N–H and O–H groups in total. The van der Waals surface area contributed by atoms with Crippen molar-refractivity contribution >= 4 is 33.5 Å². The fraction of sp³-hybridized carbons (Fsp3) is 0.364. The number of rotatable bonds is 5. The van der Waals surface area contributed by atoms with Gasteiger partial charge in [-0.05, 0) is 23.9 Å². The summed E-state index contributed by atoms with van der Waals surface area (Å²) in [7, 11) is 0. The third kappa shape index (κ3) is 5.10. The van der Waals surface area contributed by atoms with Crippen LogP contribution in [0.4, 0.5) is 22.0 Å². The molecule has 0 heterocycles. The quantitative estimate of drug-likeness (QED) is 0.309. The van der Waals surface area contributed by atoms with Crippen LogP contribution in [0.5, 0.6) is 0 Å². The zero-order valence-electron chi connectivity index (χ0n) is 9.31. The Morgan fingerprint density at radius 3 is 2.42 bits per heavy atom. The molecule has 19 heavy (non-hydrogen) atoms. The Bertz CT molecular complexity index is 461. The zero-order chi connectivity index (χ0) is 14.6. The average Bonchev–Trinajstić information content (AvgIpc) is 2.26. The van der Waals surface area contributed by atoms with E-state index in [1.165, 1.54) is 0 Å². The van der Waals surface area contributed by atoms with Gasteiger partial charge in [-0.2, -0.15) is 13.2 Å². The van der Waals surface area contributed by atoms with Crippen molar-refractivity contribution in [2.24, 2.45) is 0 Å². The number of carbonyl (C=O) groups excluding carboxylic acids is 1. The van der Waals surface area contributed by atoms with Gasteiger partial charge in [0.2, 0.25) is 0 Å². The topological polar surface area (TPSA) is 17.1 Å². The SMILES string of the molecule is O=C(CCBr)c1cc(SC(F)(F)F)ccc1C(F)F. The number of Topliss-reactive ketones (excluding diaryl/α,β-unsaturated/α-hetero) is 1. The second-order valence-electron chi connectivity index (χ2n) is 3.46. The van der Waals surface area contributed by atoms with Crippen LogP contribution in [0.2, 0.25) is 0 Å². The van der Waals surface area contributed by atoms with Crippen LogP contribution >= 0.6 is 27.7 Å². The van der Waals surface area contributed by atoms with Gasteiger partial charge >= 0.3 is 5.51 Å². The maximum Gasteiger partial charge on any atom is 0.446 e. The van der Waals surface area contributed by atoms with Crippen molar-refractivity contribution in [2.45, 2.75) is 23.3 Å². The Kier molecular flexibility index (Phi) is 5.79. The summed E-state index contributed by atoms with van der Waals surface area (Å²) in [4.78, 5) is 11.4. The summed E-state index contributed by atoms with van der Waals surface area (Å²) in [6, 6.07) is 2.66. The number of alkyl halides is 6. The number of carbonyl (C=O) groups is 1. The standard InChI is InChI=1S/C11H8BrF5OS/c12-4-3-9(18)8-5-6(19-11(15,16)17)1-2-7(8)10(13)14/h1-2,5,10H,3-4H2. The van der Waals surface area contributed by atoms with Crippen molar-refractivity contribution in [2.75, 3.05) is 5.33 Å². The predicted molar refractivity (Wildman–Crippen MR) is 66.1 cm³/mol. The molecule has 0 aliphatic heterocycles. The third-order valence-electron chi connectivity index (χ3n) is 2.12. The Balaban J connectivity index is 3.15. The maximum atomic E-state index is 12.7. The second-order valence-corrected chi connectivity index (χ2v) is 5.39. The minimum absolute atomic E-state index is 0.0557. The fourth-order valence-electron chi connectivity index (χ4n) is 1.38. The molecule has 0 atom stereocenters. The van der Waals surface area contributed by atoms with Crippen molar-refractivity contribution in [3.05, 3.63) is 29.3 Å². The molecule has 0 aliphatic carbocycles. The highest BCUT2D eigenvalue weighted by Gasteiger charge is 2.30. The zero-order valence-corrected chi connectivity index (χ0v) is 11.7. The number of hydrogen-bond acceptors (Lipinski definition) is 2. The van der Waals surface area contributed by atoms with Crippen LogP contribution in [0.1, 0.15) is 28.8 Å². The van der Waals surface area contributed by atoms with Gasteiger partial charge in [0.1, 0.15) is 0 Å². The van der Waals surface area contributed by atoms with Crippen LogP contribution in [0.25, 0.3) is 0 Å². The van der Waals surface area contributed by atoms with Gasteiger partial charge in [-0.3, -0.25) is 4.79 Å². The summed E-state index contributed by atoms with van der Waals surface area (Å²) in [5.74, 6) is -0.614. The normalized spacial score (nSPS) is 11.9. The van der Waals surface area contributed by atoms with Crippen LogP contribution in [0.3, 0.4) is 0 Å². The van der Waals surface area contributed by atoms with Crippen molar-refractivity contribution in [3.8, 4) is 0 Å². The number of hydrogen-bond donors (Lipinski definition) is 0. The van der Waals surface area contributed by atoms with Gasteiger partial charge in [0, 0.05) is 27.8 Å². The van der Waals surface area contributed by atoms with Crippen molar-refractivity contribution < 1.29 is 26.7 Å². The molecule has 0 fully saturated rings. The number of benzene rings is 1. The van der Waals surface area contributed by atoms with Crippen LogP contribution in [0.15, 0.2) is 23.1 Å². The molecule has 0 spiro atoms. The highest BCUT2D eigenvalue weighted by molar-refractivity contribution is 9.09. The first kappa shape index (κ1) is 16.4. The van der Waals surface area contributed by atoms with E-state index in [1.807, 2.05) is 0 Å². The van der Waals surface area contributed by atoms with Crippen molar-refractivity contribution in [3.63, 3.8) is 0 Å². The first-order chi connectivity index (χ1) is 8.74. The lowest BCUT2D eigenvalue weighted by Gasteiger charge is -2.11. The number of thioether (sulfide) groups is 1. The van der Waals surface area contributed by atoms with Crippen LogP contribution in [-0.2, 0) is 0 Å². The number of halogens is 6. The predicted octanol–water partition coefficient (Wildman–Crippen LogP) is 5.20. The molecule has 0 aliphatic rings. The monoisotopic (exact) mass is 362 g/mol. The van der Waals surface area contributed by atoms with E-state index in [0.29, 0.717) is 0 Å². The Labute approximate surface area is 118 Å². The summed E-state index contributed by atoms with van der Waals surface area (Å²) in [5.41, 5.74) is -5.43. The molecule has 106 valence electrons. The summed E-state index contributed by atoms with van der Waals surface area (Å²) in [5, 5.41) is 0.255. The lowest BCUT2D eigenvalue weighted by molar-refractivity contribution is -0.0328. The van der Waals surface area contributed by atoms with E-state index < -0.39 is 35.0 Å². The van der Waals surface area contributed by atoms with E-state index in [1.54, 1.807) is 0 Å². The van der Waals surface area contributed by atoms with E-state index >= 15 is 0 Å². The van der Waals surface area contributed by atoms with Gasteiger partial charge in [0.15, 0.2) is 5.78 Å². The Morgan fingerprint density at radius 1 is 1.32 bits per heavy atom. The molecule has 0 saturated heterocycles. The van der Waals surface area contributed by atoms with Crippen LogP contribution < -0.4 is 0 Å². The smallest absolute Gasteiger partial charge is 0.294 e. The highest BCUT2D eigenvalue weighted by Crippen LogP contribution is 2.38. The molecule has 0 bridgehead atoms. The molecular formula is C11H8BrF5OS. The first-order valence-corrected chi connectivity index (χ1v) is 6.95. The van der Waals surface area contributed by atoms with E-state index in [-0.39, 0.29) is 22.2 Å². The Hall–Kier alpha value is -0.630. The lowest BCUT2D eigenvalue weighted by atomic mass is 10.0. The third-order valence-corrected chi connectivity index (χ3v) is 3.23. The van der Waals surface area contributed by atoms with Crippen LogP contribution in [0, 0.1) is 0 Å². The van der Waals surface area contributed by atoms with Gasteiger partial charge in [-0.25, -0.2) is 8.78 Å². The lowest BCUT2D eigenvalue weighted by Crippen LogP contribution is -2.06. The van der Waals surface area contributed by atoms with Crippen molar-refractivity contribution in [1.29, 1.82) is 0 Å². The minimum atomic E-state index is -4.53. The fourth-order valence-corrected chi connectivity index (χ4v) is 2.33. The summed E-state index contributed by atoms with van der Waals surface area (Å²) in [6.07, 6.45) is -2.96.